The molecule has 6 N–H and O–H groups in total. The van der Waals surface area contributed by atoms with Crippen molar-refractivity contribution >= 4 is 23.5 Å². The second-order valence-electron chi connectivity index (χ2n) is 9.23. The Labute approximate surface area is 208 Å². The Hall–Kier alpha value is -3.71. The van der Waals surface area contributed by atoms with Crippen molar-refractivity contribution < 1.29 is 28.6 Å². The van der Waals surface area contributed by atoms with Gasteiger partial charge in [-0.25, -0.2) is 0 Å². The summed E-state index contributed by atoms with van der Waals surface area (Å²) in [5, 5.41) is 18.9. The van der Waals surface area contributed by atoms with Crippen LogP contribution in [0.3, 0.4) is 0 Å². The maximum atomic E-state index is 12.6. The first kappa shape index (κ1) is 26.9. The molecule has 13 heteroatoms. The minimum atomic E-state index is -1.10. The summed E-state index contributed by atoms with van der Waals surface area (Å²) >= 11 is 0. The standard InChI is InChI=1S/C23H32N8O5/c1-23(2,24)22(35)27-17(14-36-13-15-7-4-3-5-8-15)21-28-29-30-31(21)10-6-9-25-19(33)11-16-18(32)12-20(34)26-16/h3-5,7-8,16-17H,6,9-14,24H2,1-2H3,(H3,25,26,27,33,34,35)/p+1/t16?,17-/m1/s1. The Balaban J connectivity index is 1.54. The predicted octanol–water partition coefficient (Wildman–Crippen LogP) is -1.44. The number of nitrogens with zero attached hydrogens (tertiary/aromatic N) is 3. The Morgan fingerprint density at radius 2 is 2.03 bits per heavy atom. The van der Waals surface area contributed by atoms with E-state index in [-0.39, 0.29) is 43.0 Å². The SMILES string of the molecule is CC(C)(N)C(=O)N[C@H](COCc1ccccc1)c1nn[nH][n+]1CCCNC(=O)CC1NC(=O)CC1=O. The maximum Gasteiger partial charge on any atom is 0.325 e. The van der Waals surface area contributed by atoms with Crippen molar-refractivity contribution in [2.24, 2.45) is 5.73 Å². The van der Waals surface area contributed by atoms with E-state index in [4.69, 9.17) is 10.5 Å². The number of hydrogen-bond acceptors (Lipinski definition) is 8. The molecule has 1 saturated heterocycles. The number of ether oxygens (including phenoxy) is 1. The third kappa shape index (κ3) is 7.92. The highest BCUT2D eigenvalue weighted by Crippen LogP contribution is 2.11. The van der Waals surface area contributed by atoms with Crippen molar-refractivity contribution in [1.82, 2.24) is 31.5 Å². The molecule has 36 heavy (non-hydrogen) atoms. The topological polar surface area (TPSA) is 185 Å². The highest BCUT2D eigenvalue weighted by Gasteiger charge is 2.33. The average Bonchev–Trinajstić information content (AvgIpc) is 3.41. The summed E-state index contributed by atoms with van der Waals surface area (Å²) in [6.07, 6.45) is 0.251. The van der Waals surface area contributed by atoms with Gasteiger partial charge in [-0.2, -0.15) is 4.68 Å². The van der Waals surface area contributed by atoms with Gasteiger partial charge in [0.1, 0.15) is 11.1 Å². The summed E-state index contributed by atoms with van der Waals surface area (Å²) in [6, 6.07) is 8.26. The number of nitrogens with one attached hydrogen (secondary N) is 4. The lowest BCUT2D eigenvalue weighted by Gasteiger charge is -2.22. The number of H-pyrrole nitrogens is 1. The first-order chi connectivity index (χ1) is 17.1. The lowest BCUT2D eigenvalue weighted by molar-refractivity contribution is -0.762. The molecular formula is C23H33N8O5+. The number of aromatic nitrogens is 4. The van der Waals surface area contributed by atoms with Gasteiger partial charge in [-0.05, 0) is 25.8 Å². The van der Waals surface area contributed by atoms with Gasteiger partial charge in [-0.15, -0.1) is 0 Å². The van der Waals surface area contributed by atoms with Crippen LogP contribution >= 0.6 is 0 Å². The highest BCUT2D eigenvalue weighted by atomic mass is 16.5. The molecule has 2 atom stereocenters. The molecule has 1 aromatic heterocycles. The van der Waals surface area contributed by atoms with Crippen molar-refractivity contribution in [2.45, 2.75) is 63.9 Å². The molecule has 0 radical (unpaired) electrons. The summed E-state index contributed by atoms with van der Waals surface area (Å²) in [7, 11) is 0. The van der Waals surface area contributed by atoms with Gasteiger partial charge in [-0.3, -0.25) is 19.2 Å². The van der Waals surface area contributed by atoms with Crippen LogP contribution in [0.5, 0.6) is 0 Å². The van der Waals surface area contributed by atoms with Crippen LogP contribution in [-0.2, 0) is 37.1 Å². The number of aryl methyl sites for hydroxylation is 1. The second-order valence-corrected chi connectivity index (χ2v) is 9.23. The molecule has 194 valence electrons. The van der Waals surface area contributed by atoms with Crippen LogP contribution in [0.2, 0.25) is 0 Å². The van der Waals surface area contributed by atoms with Crippen LogP contribution in [0.15, 0.2) is 30.3 Å². The van der Waals surface area contributed by atoms with Crippen molar-refractivity contribution in [3.05, 3.63) is 41.7 Å². The molecule has 13 nitrogen and oxygen atoms in total. The van der Waals surface area contributed by atoms with Gasteiger partial charge in [-0.1, -0.05) is 35.5 Å². The zero-order valence-corrected chi connectivity index (χ0v) is 20.5. The quantitative estimate of drug-likeness (QED) is 0.125. The van der Waals surface area contributed by atoms with E-state index in [1.807, 2.05) is 30.3 Å². The van der Waals surface area contributed by atoms with E-state index in [1.54, 1.807) is 18.5 Å². The van der Waals surface area contributed by atoms with Crippen molar-refractivity contribution in [2.75, 3.05) is 13.2 Å². The first-order valence-corrected chi connectivity index (χ1v) is 11.7. The largest absolute Gasteiger partial charge is 0.374 e. The smallest absolute Gasteiger partial charge is 0.325 e. The Bertz CT molecular complexity index is 1070. The minimum absolute atomic E-state index is 0.0870. The van der Waals surface area contributed by atoms with Gasteiger partial charge in [0.25, 0.3) is 0 Å². The summed E-state index contributed by atoms with van der Waals surface area (Å²) < 4.78 is 7.51. The molecule has 2 heterocycles. The van der Waals surface area contributed by atoms with Crippen molar-refractivity contribution in [3.63, 3.8) is 0 Å². The molecule has 1 aromatic carbocycles. The van der Waals surface area contributed by atoms with Crippen LogP contribution in [0.1, 0.15) is 50.5 Å². The number of carbonyl (C=O) groups is 4. The molecule has 0 spiro atoms. The molecule has 1 aliphatic heterocycles. The van der Waals surface area contributed by atoms with Crippen molar-refractivity contribution in [3.8, 4) is 0 Å². The number of amides is 3. The molecular weight excluding hydrogens is 468 g/mol. The van der Waals surface area contributed by atoms with Crippen molar-refractivity contribution in [1.29, 1.82) is 0 Å². The van der Waals surface area contributed by atoms with E-state index in [2.05, 4.69) is 31.5 Å². The number of Topliss-reactive ketones (excluding diaryl/α,β-unsaturated/α-hetero) is 1. The summed E-state index contributed by atoms with van der Waals surface area (Å²) in [5.41, 5.74) is 5.84. The average molecular weight is 502 g/mol. The maximum absolute atomic E-state index is 12.6. The fraction of sp³-hybridized carbons (Fsp3) is 0.522. The van der Waals surface area contributed by atoms with Crippen LogP contribution in [0, 0.1) is 0 Å². The molecule has 3 rings (SSSR count). The zero-order chi connectivity index (χ0) is 26.1. The van der Waals surface area contributed by atoms with E-state index in [1.165, 1.54) is 0 Å². The van der Waals surface area contributed by atoms with Gasteiger partial charge in [0.2, 0.25) is 17.7 Å². The number of tetrazole rings is 1. The van der Waals surface area contributed by atoms with Crippen LogP contribution in [0.25, 0.3) is 0 Å². The number of benzene rings is 1. The Morgan fingerprint density at radius 1 is 1.28 bits per heavy atom. The summed E-state index contributed by atoms with van der Waals surface area (Å²) in [6.45, 7) is 4.45. The fourth-order valence-corrected chi connectivity index (χ4v) is 3.54. The summed E-state index contributed by atoms with van der Waals surface area (Å²) in [5.74, 6) is -0.881. The second kappa shape index (κ2) is 12.3. The highest BCUT2D eigenvalue weighted by molar-refractivity contribution is 6.08. The van der Waals surface area contributed by atoms with Crippen LogP contribution < -0.4 is 26.4 Å². The number of hydrogen-bond donors (Lipinski definition) is 5. The van der Waals surface area contributed by atoms with Crippen LogP contribution in [0.4, 0.5) is 0 Å². The van der Waals surface area contributed by atoms with Gasteiger partial charge < -0.3 is 26.4 Å². The molecule has 1 fully saturated rings. The lowest BCUT2D eigenvalue weighted by Crippen LogP contribution is -2.53. The molecule has 2 aromatic rings. The Morgan fingerprint density at radius 3 is 2.69 bits per heavy atom. The third-order valence-electron chi connectivity index (χ3n) is 5.52. The predicted molar refractivity (Wildman–Crippen MR) is 126 cm³/mol. The summed E-state index contributed by atoms with van der Waals surface area (Å²) in [4.78, 5) is 47.6. The molecule has 1 aliphatic rings. The number of aromatic amines is 1. The van der Waals surface area contributed by atoms with Gasteiger partial charge >= 0.3 is 5.82 Å². The van der Waals surface area contributed by atoms with E-state index in [0.29, 0.717) is 31.9 Å². The molecule has 0 aliphatic carbocycles. The molecule has 0 saturated carbocycles. The van der Waals surface area contributed by atoms with Gasteiger partial charge in [0.15, 0.2) is 11.0 Å². The number of ketones is 1. The van der Waals surface area contributed by atoms with E-state index < -0.39 is 17.6 Å². The minimum Gasteiger partial charge on any atom is -0.374 e. The van der Waals surface area contributed by atoms with Gasteiger partial charge in [0.05, 0.1) is 44.2 Å². The fourth-order valence-electron chi connectivity index (χ4n) is 3.54. The van der Waals surface area contributed by atoms with E-state index >= 15 is 0 Å². The number of rotatable bonds is 13. The van der Waals surface area contributed by atoms with E-state index in [9.17, 15) is 19.2 Å². The first-order valence-electron chi connectivity index (χ1n) is 11.7. The monoisotopic (exact) mass is 501 g/mol. The van der Waals surface area contributed by atoms with E-state index in [0.717, 1.165) is 5.56 Å². The zero-order valence-electron chi connectivity index (χ0n) is 20.5. The molecule has 1 unspecified atom stereocenters. The molecule has 0 bridgehead atoms. The van der Waals surface area contributed by atoms with Gasteiger partial charge in [0, 0.05) is 6.54 Å². The van der Waals surface area contributed by atoms with Crippen LogP contribution in [-0.4, -0.2) is 63.8 Å². The molecule has 3 amide bonds. The lowest BCUT2D eigenvalue weighted by atomic mass is 10.1. The third-order valence-corrected chi connectivity index (χ3v) is 5.52. The number of nitrogens with two attached hydrogens (primary N) is 1. The number of carbonyl (C=O) groups excluding carboxylic acids is 4. The normalized spacial score (nSPS) is 16.5. The Kier molecular flexibility index (Phi) is 9.19.